The van der Waals surface area contributed by atoms with Crippen LogP contribution in [0.25, 0.3) is 0 Å². The minimum Gasteiger partial charge on any atom is -0.354 e. The molecule has 142 valence electrons. The van der Waals surface area contributed by atoms with Crippen LogP contribution in [-0.2, 0) is 11.2 Å². The highest BCUT2D eigenvalue weighted by atomic mass is 35.5. The van der Waals surface area contributed by atoms with E-state index in [2.05, 4.69) is 22.6 Å². The second-order valence-electron chi connectivity index (χ2n) is 7.06. The minimum absolute atomic E-state index is 0. The van der Waals surface area contributed by atoms with Crippen molar-refractivity contribution in [1.29, 1.82) is 0 Å². The summed E-state index contributed by atoms with van der Waals surface area (Å²) >= 11 is 5.99. The monoisotopic (exact) mass is 407 g/mol. The number of hydrogen-bond donors (Lipinski definition) is 2. The number of halogens is 3. The highest BCUT2D eigenvalue weighted by Crippen LogP contribution is 2.41. The number of amides is 1. The molecule has 0 aliphatic carbocycles. The molecule has 0 bridgehead atoms. The standard InChI is InChI=1S/C18H26ClN3O.2ClH/c1-22-13-18(6-9-20-10-7-18)12-16(22)17(23)21-8-5-14-3-2-4-15(19)11-14;;/h2-4,11,16,20H,5-10,12-13H2,1H3,(H,21,23);2*1H. The third-order valence-electron chi connectivity index (χ3n) is 5.31. The molecule has 2 aliphatic rings. The average molecular weight is 409 g/mol. The molecule has 2 aliphatic heterocycles. The molecule has 7 heteroatoms. The van der Waals surface area contributed by atoms with Crippen molar-refractivity contribution in [2.75, 3.05) is 33.2 Å². The van der Waals surface area contributed by atoms with E-state index in [0.29, 0.717) is 12.0 Å². The van der Waals surface area contributed by atoms with Gasteiger partial charge in [-0.3, -0.25) is 9.69 Å². The first-order valence-electron chi connectivity index (χ1n) is 8.51. The van der Waals surface area contributed by atoms with E-state index in [9.17, 15) is 4.79 Å². The second-order valence-corrected chi connectivity index (χ2v) is 7.49. The Kier molecular flexibility index (Phi) is 8.99. The van der Waals surface area contributed by atoms with E-state index in [-0.39, 0.29) is 36.8 Å². The number of benzene rings is 1. The predicted octanol–water partition coefficient (Wildman–Crippen LogP) is 2.92. The van der Waals surface area contributed by atoms with Gasteiger partial charge in [0.15, 0.2) is 0 Å². The van der Waals surface area contributed by atoms with Gasteiger partial charge in [0, 0.05) is 18.1 Å². The van der Waals surface area contributed by atoms with Gasteiger partial charge in [0.2, 0.25) is 5.91 Å². The molecule has 4 nitrogen and oxygen atoms in total. The van der Waals surface area contributed by atoms with Crippen LogP contribution in [0.15, 0.2) is 24.3 Å². The van der Waals surface area contributed by atoms with Crippen LogP contribution in [0.3, 0.4) is 0 Å². The van der Waals surface area contributed by atoms with E-state index in [1.165, 1.54) is 12.8 Å². The van der Waals surface area contributed by atoms with Gasteiger partial charge >= 0.3 is 0 Å². The summed E-state index contributed by atoms with van der Waals surface area (Å²) in [5.41, 5.74) is 1.50. The third-order valence-corrected chi connectivity index (χ3v) is 5.55. The summed E-state index contributed by atoms with van der Waals surface area (Å²) in [5.74, 6) is 0.171. The maximum atomic E-state index is 12.5. The lowest BCUT2D eigenvalue weighted by Gasteiger charge is -2.33. The minimum atomic E-state index is 0. The fourth-order valence-corrected chi connectivity index (χ4v) is 4.24. The molecule has 1 aromatic rings. The fraction of sp³-hybridized carbons (Fsp3) is 0.611. The summed E-state index contributed by atoms with van der Waals surface area (Å²) < 4.78 is 0. The normalized spacial score (nSPS) is 22.1. The molecule has 0 aromatic heterocycles. The van der Waals surface area contributed by atoms with E-state index in [4.69, 9.17) is 11.6 Å². The SMILES string of the molecule is CN1CC2(CCNCC2)CC1C(=O)NCCc1cccc(Cl)c1.Cl.Cl. The van der Waals surface area contributed by atoms with Gasteiger partial charge in [0.1, 0.15) is 0 Å². The number of carbonyl (C=O) groups is 1. The number of nitrogens with zero attached hydrogens (tertiary/aromatic N) is 1. The zero-order valence-electron chi connectivity index (χ0n) is 14.6. The fourth-order valence-electron chi connectivity index (χ4n) is 4.02. The number of rotatable bonds is 4. The molecular weight excluding hydrogens is 381 g/mol. The van der Waals surface area contributed by atoms with Crippen molar-refractivity contribution in [3.8, 4) is 0 Å². The predicted molar refractivity (Wildman–Crippen MR) is 108 cm³/mol. The van der Waals surface area contributed by atoms with Crippen LogP contribution >= 0.6 is 36.4 Å². The van der Waals surface area contributed by atoms with Crippen molar-refractivity contribution in [2.45, 2.75) is 31.7 Å². The number of carbonyl (C=O) groups excluding carboxylic acids is 1. The maximum absolute atomic E-state index is 12.5. The number of likely N-dealkylation sites (tertiary alicyclic amines) is 1. The Hall–Kier alpha value is -0.520. The van der Waals surface area contributed by atoms with E-state index in [0.717, 1.165) is 43.1 Å². The summed E-state index contributed by atoms with van der Waals surface area (Å²) in [6.45, 7) is 3.87. The molecule has 1 aromatic carbocycles. The lowest BCUT2D eigenvalue weighted by molar-refractivity contribution is -0.125. The summed E-state index contributed by atoms with van der Waals surface area (Å²) in [7, 11) is 2.08. The van der Waals surface area contributed by atoms with Crippen molar-refractivity contribution < 1.29 is 4.79 Å². The van der Waals surface area contributed by atoms with Gasteiger partial charge < -0.3 is 10.6 Å². The molecule has 1 unspecified atom stereocenters. The van der Waals surface area contributed by atoms with E-state index < -0.39 is 0 Å². The molecule has 0 saturated carbocycles. The molecule has 3 rings (SSSR count). The summed E-state index contributed by atoms with van der Waals surface area (Å²) in [6.07, 6.45) is 4.18. The molecule has 1 atom stereocenters. The van der Waals surface area contributed by atoms with E-state index >= 15 is 0 Å². The zero-order chi connectivity index (χ0) is 16.3. The van der Waals surface area contributed by atoms with Gasteiger partial charge in [-0.15, -0.1) is 24.8 Å². The van der Waals surface area contributed by atoms with Crippen molar-refractivity contribution in [3.63, 3.8) is 0 Å². The number of nitrogens with one attached hydrogen (secondary N) is 2. The van der Waals surface area contributed by atoms with Gasteiger partial charge in [-0.1, -0.05) is 23.7 Å². The first-order valence-corrected chi connectivity index (χ1v) is 8.89. The lowest BCUT2D eigenvalue weighted by atomic mass is 9.77. The Morgan fingerprint density at radius 2 is 2.08 bits per heavy atom. The highest BCUT2D eigenvalue weighted by Gasteiger charge is 2.45. The largest absolute Gasteiger partial charge is 0.354 e. The second kappa shape index (κ2) is 9.98. The quantitative estimate of drug-likeness (QED) is 0.805. The summed E-state index contributed by atoms with van der Waals surface area (Å²) in [6, 6.07) is 7.84. The van der Waals surface area contributed by atoms with Crippen molar-refractivity contribution in [3.05, 3.63) is 34.9 Å². The Morgan fingerprint density at radius 3 is 2.76 bits per heavy atom. The maximum Gasteiger partial charge on any atom is 0.237 e. The molecule has 2 saturated heterocycles. The molecule has 1 spiro atoms. The number of hydrogen-bond acceptors (Lipinski definition) is 3. The van der Waals surface area contributed by atoms with Gasteiger partial charge in [-0.25, -0.2) is 0 Å². The molecular formula is C18H28Cl3N3O. The van der Waals surface area contributed by atoms with E-state index in [1.807, 2.05) is 24.3 Å². The summed E-state index contributed by atoms with van der Waals surface area (Å²) in [5, 5.41) is 7.27. The van der Waals surface area contributed by atoms with Crippen molar-refractivity contribution in [2.24, 2.45) is 5.41 Å². The van der Waals surface area contributed by atoms with Crippen LogP contribution in [-0.4, -0.2) is 50.1 Å². The highest BCUT2D eigenvalue weighted by molar-refractivity contribution is 6.30. The third kappa shape index (κ3) is 5.73. The molecule has 1 amide bonds. The first kappa shape index (κ1) is 22.5. The number of piperidine rings is 1. The number of likely N-dealkylation sites (N-methyl/N-ethyl adjacent to an activating group) is 1. The van der Waals surface area contributed by atoms with Gasteiger partial charge in [-0.2, -0.15) is 0 Å². The summed E-state index contributed by atoms with van der Waals surface area (Å²) in [4.78, 5) is 14.8. The van der Waals surface area contributed by atoms with Crippen LogP contribution in [0.5, 0.6) is 0 Å². The molecule has 0 radical (unpaired) electrons. The lowest BCUT2D eigenvalue weighted by Crippen LogP contribution is -2.42. The molecule has 2 heterocycles. The van der Waals surface area contributed by atoms with Crippen LogP contribution in [0.2, 0.25) is 5.02 Å². The average Bonchev–Trinajstić information content (AvgIpc) is 2.84. The van der Waals surface area contributed by atoms with Gasteiger partial charge in [-0.05, 0) is 68.9 Å². The van der Waals surface area contributed by atoms with Crippen LogP contribution in [0, 0.1) is 5.41 Å². The van der Waals surface area contributed by atoms with E-state index in [1.54, 1.807) is 0 Å². The Bertz CT molecular complexity index is 564. The van der Waals surface area contributed by atoms with Gasteiger partial charge in [0.25, 0.3) is 0 Å². The smallest absolute Gasteiger partial charge is 0.237 e. The molecule has 2 fully saturated rings. The van der Waals surface area contributed by atoms with Crippen molar-refractivity contribution >= 4 is 42.3 Å². The Balaban J connectivity index is 0.00000156. The molecule has 2 N–H and O–H groups in total. The van der Waals surface area contributed by atoms with Crippen molar-refractivity contribution in [1.82, 2.24) is 15.5 Å². The van der Waals surface area contributed by atoms with Crippen LogP contribution in [0.1, 0.15) is 24.8 Å². The topological polar surface area (TPSA) is 44.4 Å². The molecule has 25 heavy (non-hydrogen) atoms. The first-order chi connectivity index (χ1) is 11.1. The Labute approximate surface area is 167 Å². The van der Waals surface area contributed by atoms with Gasteiger partial charge in [0.05, 0.1) is 6.04 Å². The zero-order valence-corrected chi connectivity index (χ0v) is 17.0. The Morgan fingerprint density at radius 1 is 1.36 bits per heavy atom. The van der Waals surface area contributed by atoms with Crippen LogP contribution in [0.4, 0.5) is 0 Å². The van der Waals surface area contributed by atoms with Crippen LogP contribution < -0.4 is 10.6 Å².